The monoisotopic (exact) mass is 1010 g/mol. The van der Waals surface area contributed by atoms with Crippen molar-refractivity contribution in [1.29, 1.82) is 0 Å². The van der Waals surface area contributed by atoms with Crippen molar-refractivity contribution < 1.29 is 28.6 Å². The van der Waals surface area contributed by atoms with Crippen LogP contribution >= 0.6 is 0 Å². The molecule has 0 heterocycles. The Morgan fingerprint density at radius 1 is 0.288 bits per heavy atom. The van der Waals surface area contributed by atoms with Gasteiger partial charge in [-0.2, -0.15) is 0 Å². The zero-order valence-electron chi connectivity index (χ0n) is 47.6. The fraction of sp³-hybridized carbons (Fsp3) is 0.687. The Bertz CT molecular complexity index is 1490. The molecule has 0 fully saturated rings. The maximum atomic E-state index is 12.8. The van der Waals surface area contributed by atoms with Crippen molar-refractivity contribution in [3.8, 4) is 0 Å². The van der Waals surface area contributed by atoms with Gasteiger partial charge in [0.05, 0.1) is 0 Å². The Kier molecular flexibility index (Phi) is 57.4. The van der Waals surface area contributed by atoms with E-state index >= 15 is 0 Å². The molecular formula is C67H112O6. The van der Waals surface area contributed by atoms with Gasteiger partial charge in [-0.1, -0.05) is 246 Å². The van der Waals surface area contributed by atoms with Gasteiger partial charge in [-0.25, -0.2) is 0 Å². The van der Waals surface area contributed by atoms with E-state index in [1.165, 1.54) is 128 Å². The first-order valence-electron chi connectivity index (χ1n) is 30.4. The van der Waals surface area contributed by atoms with Crippen molar-refractivity contribution in [1.82, 2.24) is 0 Å². The molecule has 0 aliphatic rings. The Morgan fingerprint density at radius 2 is 0.548 bits per heavy atom. The summed E-state index contributed by atoms with van der Waals surface area (Å²) < 4.78 is 16.8. The second-order valence-corrected chi connectivity index (χ2v) is 19.9. The Balaban J connectivity index is 4.40. The number of esters is 3. The summed E-state index contributed by atoms with van der Waals surface area (Å²) in [4.78, 5) is 38.2. The van der Waals surface area contributed by atoms with Crippen molar-refractivity contribution in [3.05, 3.63) is 109 Å². The smallest absolute Gasteiger partial charge is 0.306 e. The van der Waals surface area contributed by atoms with Gasteiger partial charge in [0.2, 0.25) is 0 Å². The molecule has 0 aromatic carbocycles. The highest BCUT2D eigenvalue weighted by atomic mass is 16.6. The molecule has 0 spiro atoms. The summed E-state index contributed by atoms with van der Waals surface area (Å²) >= 11 is 0. The third-order valence-corrected chi connectivity index (χ3v) is 12.7. The lowest BCUT2D eigenvalue weighted by atomic mass is 10.1. The first kappa shape index (κ1) is 69.1. The van der Waals surface area contributed by atoms with Gasteiger partial charge in [-0.15, -0.1) is 0 Å². The molecular weight excluding hydrogens is 901 g/mol. The topological polar surface area (TPSA) is 78.9 Å². The lowest BCUT2D eigenvalue weighted by Crippen LogP contribution is -2.30. The minimum atomic E-state index is -0.815. The van der Waals surface area contributed by atoms with Gasteiger partial charge in [0.25, 0.3) is 0 Å². The number of rotatable bonds is 54. The van der Waals surface area contributed by atoms with Gasteiger partial charge in [0.1, 0.15) is 13.2 Å². The quantitative estimate of drug-likeness (QED) is 0.0261. The van der Waals surface area contributed by atoms with Crippen LogP contribution in [0, 0.1) is 0 Å². The predicted octanol–water partition coefficient (Wildman–Crippen LogP) is 20.7. The summed E-state index contributed by atoms with van der Waals surface area (Å²) in [5.74, 6) is -0.975. The highest BCUT2D eigenvalue weighted by Gasteiger charge is 2.19. The van der Waals surface area contributed by atoms with Crippen molar-refractivity contribution in [3.63, 3.8) is 0 Å². The van der Waals surface area contributed by atoms with Crippen LogP contribution in [0.3, 0.4) is 0 Å². The average molecular weight is 1010 g/mol. The number of unbranched alkanes of at least 4 members (excludes halogenated alkanes) is 25. The van der Waals surface area contributed by atoms with Crippen LogP contribution in [0.5, 0.6) is 0 Å². The molecule has 0 N–H and O–H groups in total. The zero-order chi connectivity index (χ0) is 52.9. The van der Waals surface area contributed by atoms with Crippen LogP contribution in [0.2, 0.25) is 0 Å². The number of hydrogen-bond acceptors (Lipinski definition) is 6. The van der Waals surface area contributed by atoms with E-state index in [0.717, 1.165) is 103 Å². The number of allylic oxidation sites excluding steroid dienone is 18. The molecule has 0 bridgehead atoms. The summed E-state index contributed by atoms with van der Waals surface area (Å²) in [5.41, 5.74) is 0. The second kappa shape index (κ2) is 60.6. The lowest BCUT2D eigenvalue weighted by Gasteiger charge is -2.18. The molecule has 1 atom stereocenters. The summed E-state index contributed by atoms with van der Waals surface area (Å²) in [6.07, 6.45) is 82.4. The van der Waals surface area contributed by atoms with Crippen LogP contribution in [0.4, 0.5) is 0 Å². The van der Waals surface area contributed by atoms with E-state index in [0.29, 0.717) is 19.3 Å². The van der Waals surface area contributed by atoms with E-state index in [2.05, 4.69) is 130 Å². The van der Waals surface area contributed by atoms with Crippen molar-refractivity contribution in [2.24, 2.45) is 0 Å². The molecule has 416 valence electrons. The van der Waals surface area contributed by atoms with Crippen molar-refractivity contribution >= 4 is 17.9 Å². The van der Waals surface area contributed by atoms with Gasteiger partial charge >= 0.3 is 17.9 Å². The second-order valence-electron chi connectivity index (χ2n) is 19.9. The summed E-state index contributed by atoms with van der Waals surface area (Å²) in [5, 5.41) is 0. The van der Waals surface area contributed by atoms with E-state index in [1.54, 1.807) is 0 Å². The minimum absolute atomic E-state index is 0.106. The van der Waals surface area contributed by atoms with Gasteiger partial charge < -0.3 is 14.2 Å². The standard InChI is InChI=1S/C67H112O6/c1-4-7-10-13-16-19-22-25-27-29-30-31-32-33-34-35-36-38-39-42-45-48-51-54-57-60-66(69)72-63-64(62-71-65(68)59-56-53-50-47-44-41-24-21-18-15-12-9-6-3)73-67(70)61-58-55-52-49-46-43-40-37-28-26-23-20-17-14-11-8-5-2/h8,11,17,20-22,24-26,28-30,32-33,40,43,49,52,64H,4-7,9-10,12-16,18-19,23,27,31,34-39,41-42,44-48,50-51,53-63H2,1-3H3/b11-8-,20-17-,24-21-,25-22-,28-26-,30-29-,33-32-,43-40-,52-49-. The molecule has 0 rings (SSSR count). The maximum absolute atomic E-state index is 12.8. The summed E-state index contributed by atoms with van der Waals surface area (Å²) in [7, 11) is 0. The summed E-state index contributed by atoms with van der Waals surface area (Å²) in [6, 6.07) is 0. The van der Waals surface area contributed by atoms with Gasteiger partial charge in [-0.3, -0.25) is 14.4 Å². The van der Waals surface area contributed by atoms with E-state index in [4.69, 9.17) is 14.2 Å². The molecule has 6 nitrogen and oxygen atoms in total. The van der Waals surface area contributed by atoms with Crippen LogP contribution in [-0.2, 0) is 28.6 Å². The summed E-state index contributed by atoms with van der Waals surface area (Å²) in [6.45, 7) is 6.45. The predicted molar refractivity (Wildman–Crippen MR) is 316 cm³/mol. The number of carbonyl (C=O) groups is 3. The lowest BCUT2D eigenvalue weighted by molar-refractivity contribution is -0.167. The first-order chi connectivity index (χ1) is 36.0. The molecule has 0 aromatic heterocycles. The van der Waals surface area contributed by atoms with Gasteiger partial charge in [0, 0.05) is 19.3 Å². The highest BCUT2D eigenvalue weighted by molar-refractivity contribution is 5.71. The average Bonchev–Trinajstić information content (AvgIpc) is 3.39. The van der Waals surface area contributed by atoms with Crippen LogP contribution in [0.25, 0.3) is 0 Å². The molecule has 0 saturated heterocycles. The molecule has 73 heavy (non-hydrogen) atoms. The van der Waals surface area contributed by atoms with E-state index in [9.17, 15) is 14.4 Å². The van der Waals surface area contributed by atoms with Crippen LogP contribution < -0.4 is 0 Å². The van der Waals surface area contributed by atoms with Crippen molar-refractivity contribution in [2.45, 2.75) is 284 Å². The van der Waals surface area contributed by atoms with Gasteiger partial charge in [0.15, 0.2) is 6.10 Å². The van der Waals surface area contributed by atoms with E-state index in [-0.39, 0.29) is 37.5 Å². The fourth-order valence-electron chi connectivity index (χ4n) is 8.19. The number of ether oxygens (including phenoxy) is 3. The molecule has 1 unspecified atom stereocenters. The largest absolute Gasteiger partial charge is 0.462 e. The maximum Gasteiger partial charge on any atom is 0.306 e. The molecule has 0 saturated carbocycles. The third kappa shape index (κ3) is 58.8. The van der Waals surface area contributed by atoms with Crippen LogP contribution in [0.15, 0.2) is 109 Å². The van der Waals surface area contributed by atoms with Crippen LogP contribution in [-0.4, -0.2) is 37.2 Å². The van der Waals surface area contributed by atoms with Gasteiger partial charge in [-0.05, 0) is 122 Å². The van der Waals surface area contributed by atoms with E-state index < -0.39 is 6.10 Å². The highest BCUT2D eigenvalue weighted by Crippen LogP contribution is 2.15. The first-order valence-corrected chi connectivity index (χ1v) is 30.4. The number of hydrogen-bond donors (Lipinski definition) is 0. The SMILES string of the molecule is CC/C=C\C/C=C\C/C=C\C/C=C\C/C=C\CCCC(=O)OC(COC(=O)CCCCCCC/C=C\CCCCCC)COC(=O)CCCCCCCCCCCC/C=C\C/C=C\C/C=C\CCCCCCC. The zero-order valence-corrected chi connectivity index (χ0v) is 47.6. The molecule has 0 aliphatic carbocycles. The van der Waals surface area contributed by atoms with Crippen molar-refractivity contribution in [2.75, 3.05) is 13.2 Å². The molecule has 0 radical (unpaired) electrons. The Hall–Kier alpha value is -3.93. The molecule has 6 heteroatoms. The molecule has 0 aliphatic heterocycles. The van der Waals surface area contributed by atoms with E-state index in [1.807, 2.05) is 0 Å². The minimum Gasteiger partial charge on any atom is -0.462 e. The normalized spacial score (nSPS) is 12.9. The third-order valence-electron chi connectivity index (χ3n) is 12.7. The fourth-order valence-corrected chi connectivity index (χ4v) is 8.19. The Morgan fingerprint density at radius 3 is 0.904 bits per heavy atom. The molecule has 0 aromatic rings. The molecule has 0 amide bonds. The van der Waals surface area contributed by atoms with Crippen LogP contribution in [0.1, 0.15) is 278 Å². The Labute approximate surface area is 450 Å². The number of carbonyl (C=O) groups excluding carboxylic acids is 3.